The first-order valence-corrected chi connectivity index (χ1v) is 6.77. The summed E-state index contributed by atoms with van der Waals surface area (Å²) in [7, 11) is 1.83. The molecular formula is C13H26N2O. The highest BCUT2D eigenvalue weighted by Crippen LogP contribution is 2.29. The first kappa shape index (κ1) is 12.3. The van der Waals surface area contributed by atoms with Crippen LogP contribution in [0.15, 0.2) is 0 Å². The minimum Gasteiger partial charge on any atom is -0.380 e. The Bertz CT molecular complexity index is 202. The van der Waals surface area contributed by atoms with Crippen molar-refractivity contribution in [2.24, 2.45) is 17.6 Å². The summed E-state index contributed by atoms with van der Waals surface area (Å²) in [5.41, 5.74) is 5.72. The second-order valence-electron chi connectivity index (χ2n) is 5.53. The van der Waals surface area contributed by atoms with Gasteiger partial charge in [0, 0.05) is 26.7 Å². The number of nitrogens with zero attached hydrogens (tertiary/aromatic N) is 1. The molecule has 3 nitrogen and oxygen atoms in total. The van der Waals surface area contributed by atoms with Gasteiger partial charge in [-0.15, -0.1) is 0 Å². The van der Waals surface area contributed by atoms with Crippen molar-refractivity contribution in [3.05, 3.63) is 0 Å². The number of ether oxygens (including phenoxy) is 1. The Labute approximate surface area is 99.3 Å². The molecule has 0 spiro atoms. The molecule has 1 heterocycles. The quantitative estimate of drug-likeness (QED) is 0.789. The van der Waals surface area contributed by atoms with Gasteiger partial charge in [-0.25, -0.2) is 0 Å². The van der Waals surface area contributed by atoms with E-state index in [1.54, 1.807) is 0 Å². The number of hydrogen-bond acceptors (Lipinski definition) is 3. The average Bonchev–Trinajstić information content (AvgIpc) is 2.78. The lowest BCUT2D eigenvalue weighted by Crippen LogP contribution is -2.32. The Morgan fingerprint density at radius 2 is 1.81 bits per heavy atom. The van der Waals surface area contributed by atoms with E-state index in [9.17, 15) is 0 Å². The maximum absolute atomic E-state index is 5.72. The van der Waals surface area contributed by atoms with Gasteiger partial charge in [0.1, 0.15) is 0 Å². The lowest BCUT2D eigenvalue weighted by molar-refractivity contribution is 0.103. The molecule has 2 fully saturated rings. The van der Waals surface area contributed by atoms with Crippen molar-refractivity contribution in [3.63, 3.8) is 0 Å². The number of rotatable bonds is 4. The second kappa shape index (κ2) is 5.99. The van der Waals surface area contributed by atoms with Gasteiger partial charge in [-0.1, -0.05) is 0 Å². The van der Waals surface area contributed by atoms with Crippen LogP contribution in [-0.4, -0.2) is 44.3 Å². The maximum atomic E-state index is 5.72. The zero-order valence-corrected chi connectivity index (χ0v) is 10.5. The highest BCUT2D eigenvalue weighted by Gasteiger charge is 2.26. The molecule has 0 aromatic heterocycles. The normalized spacial score (nSPS) is 36.8. The van der Waals surface area contributed by atoms with Crippen LogP contribution in [0.2, 0.25) is 0 Å². The van der Waals surface area contributed by atoms with Crippen LogP contribution in [0, 0.1) is 11.8 Å². The summed E-state index contributed by atoms with van der Waals surface area (Å²) < 4.78 is 5.41. The third-order valence-corrected chi connectivity index (χ3v) is 4.38. The van der Waals surface area contributed by atoms with Crippen LogP contribution in [0.5, 0.6) is 0 Å². The SMILES string of the molecule is COC1CCN(CC2CCC(CN)CC2)C1. The van der Waals surface area contributed by atoms with E-state index in [1.165, 1.54) is 45.2 Å². The molecule has 0 aromatic carbocycles. The van der Waals surface area contributed by atoms with Gasteiger partial charge < -0.3 is 15.4 Å². The summed E-state index contributed by atoms with van der Waals surface area (Å²) in [6, 6.07) is 0. The fourth-order valence-electron chi connectivity index (χ4n) is 3.17. The molecule has 1 atom stereocenters. The fourth-order valence-corrected chi connectivity index (χ4v) is 3.17. The highest BCUT2D eigenvalue weighted by molar-refractivity contribution is 4.80. The van der Waals surface area contributed by atoms with Crippen LogP contribution in [0.25, 0.3) is 0 Å². The Morgan fingerprint density at radius 3 is 2.38 bits per heavy atom. The van der Waals surface area contributed by atoms with Crippen molar-refractivity contribution in [1.29, 1.82) is 0 Å². The van der Waals surface area contributed by atoms with Crippen molar-refractivity contribution in [2.45, 2.75) is 38.2 Å². The number of likely N-dealkylation sites (tertiary alicyclic amines) is 1. The lowest BCUT2D eigenvalue weighted by Gasteiger charge is -2.30. The van der Waals surface area contributed by atoms with Gasteiger partial charge in [0.05, 0.1) is 6.10 Å². The summed E-state index contributed by atoms with van der Waals surface area (Å²) in [5.74, 6) is 1.72. The molecule has 1 aliphatic heterocycles. The molecule has 2 N–H and O–H groups in total. The standard InChI is InChI=1S/C13H26N2O/c1-16-13-6-7-15(10-13)9-12-4-2-11(8-14)3-5-12/h11-13H,2-10,14H2,1H3. The van der Waals surface area contributed by atoms with Crippen molar-refractivity contribution < 1.29 is 4.74 Å². The predicted molar refractivity (Wildman–Crippen MR) is 66.4 cm³/mol. The van der Waals surface area contributed by atoms with Crippen LogP contribution >= 0.6 is 0 Å². The molecule has 0 aromatic rings. The smallest absolute Gasteiger partial charge is 0.0710 e. The molecule has 1 aliphatic carbocycles. The van der Waals surface area contributed by atoms with E-state index in [1.807, 2.05) is 7.11 Å². The molecule has 94 valence electrons. The molecule has 0 amide bonds. The van der Waals surface area contributed by atoms with Gasteiger partial charge in [-0.05, 0) is 50.5 Å². The van der Waals surface area contributed by atoms with Crippen LogP contribution in [0.4, 0.5) is 0 Å². The summed E-state index contributed by atoms with van der Waals surface area (Å²) in [6.45, 7) is 4.56. The molecule has 16 heavy (non-hydrogen) atoms. The van der Waals surface area contributed by atoms with E-state index in [0.717, 1.165) is 24.9 Å². The maximum Gasteiger partial charge on any atom is 0.0710 e. The van der Waals surface area contributed by atoms with Gasteiger partial charge in [-0.3, -0.25) is 0 Å². The van der Waals surface area contributed by atoms with Gasteiger partial charge in [0.15, 0.2) is 0 Å². The van der Waals surface area contributed by atoms with Crippen LogP contribution in [-0.2, 0) is 4.74 Å². The van der Waals surface area contributed by atoms with Crippen molar-refractivity contribution >= 4 is 0 Å². The first-order valence-electron chi connectivity index (χ1n) is 6.77. The summed E-state index contributed by atoms with van der Waals surface area (Å²) >= 11 is 0. The molecule has 2 aliphatic rings. The third kappa shape index (κ3) is 3.19. The molecular weight excluding hydrogens is 200 g/mol. The summed E-state index contributed by atoms with van der Waals surface area (Å²) in [5, 5.41) is 0. The van der Waals surface area contributed by atoms with Crippen molar-refractivity contribution in [2.75, 3.05) is 33.3 Å². The average molecular weight is 226 g/mol. The van der Waals surface area contributed by atoms with Gasteiger partial charge in [-0.2, -0.15) is 0 Å². The predicted octanol–water partition coefficient (Wildman–Crippen LogP) is 1.47. The summed E-state index contributed by atoms with van der Waals surface area (Å²) in [4.78, 5) is 2.58. The largest absolute Gasteiger partial charge is 0.380 e. The van der Waals surface area contributed by atoms with Gasteiger partial charge in [0.25, 0.3) is 0 Å². The minimum absolute atomic E-state index is 0.486. The third-order valence-electron chi connectivity index (χ3n) is 4.38. The Kier molecular flexibility index (Phi) is 4.62. The van der Waals surface area contributed by atoms with E-state index in [0.29, 0.717) is 6.10 Å². The second-order valence-corrected chi connectivity index (χ2v) is 5.53. The molecule has 1 saturated carbocycles. The number of methoxy groups -OCH3 is 1. The topological polar surface area (TPSA) is 38.5 Å². The molecule has 1 unspecified atom stereocenters. The number of nitrogens with two attached hydrogens (primary N) is 1. The van der Waals surface area contributed by atoms with Gasteiger partial charge in [0.2, 0.25) is 0 Å². The zero-order valence-electron chi connectivity index (χ0n) is 10.5. The van der Waals surface area contributed by atoms with Crippen LogP contribution in [0.3, 0.4) is 0 Å². The van der Waals surface area contributed by atoms with Crippen molar-refractivity contribution in [1.82, 2.24) is 4.90 Å². The zero-order chi connectivity index (χ0) is 11.4. The highest BCUT2D eigenvalue weighted by atomic mass is 16.5. The van der Waals surface area contributed by atoms with E-state index in [4.69, 9.17) is 10.5 Å². The lowest BCUT2D eigenvalue weighted by atomic mass is 9.82. The van der Waals surface area contributed by atoms with Crippen LogP contribution in [0.1, 0.15) is 32.1 Å². The Hall–Kier alpha value is -0.120. The minimum atomic E-state index is 0.486. The molecule has 2 rings (SSSR count). The molecule has 3 heteroatoms. The summed E-state index contributed by atoms with van der Waals surface area (Å²) in [6.07, 6.45) is 7.17. The molecule has 0 radical (unpaired) electrons. The monoisotopic (exact) mass is 226 g/mol. The number of hydrogen-bond donors (Lipinski definition) is 1. The van der Waals surface area contributed by atoms with E-state index < -0.39 is 0 Å². The van der Waals surface area contributed by atoms with Gasteiger partial charge >= 0.3 is 0 Å². The van der Waals surface area contributed by atoms with Crippen molar-refractivity contribution in [3.8, 4) is 0 Å². The molecule has 0 bridgehead atoms. The fraction of sp³-hybridized carbons (Fsp3) is 1.00. The first-order chi connectivity index (χ1) is 7.81. The molecule has 1 saturated heterocycles. The Morgan fingerprint density at radius 1 is 1.12 bits per heavy atom. The van der Waals surface area contributed by atoms with E-state index in [2.05, 4.69) is 4.90 Å². The van der Waals surface area contributed by atoms with E-state index >= 15 is 0 Å². The Balaban J connectivity index is 1.67. The van der Waals surface area contributed by atoms with Crippen LogP contribution < -0.4 is 5.73 Å². The van der Waals surface area contributed by atoms with E-state index in [-0.39, 0.29) is 0 Å².